The van der Waals surface area contributed by atoms with E-state index in [0.717, 1.165) is 43.1 Å². The number of benzene rings is 1. The lowest BCUT2D eigenvalue weighted by Gasteiger charge is -2.29. The molecule has 0 unspecified atom stereocenters. The van der Waals surface area contributed by atoms with E-state index in [0.29, 0.717) is 0 Å². The number of nitrogens with zero attached hydrogens (tertiary/aromatic N) is 2. The standard InChI is InChI=1S/C13H16N4/c14-11-1-2-12-10(9-11)3-4-16-13(12)17-7-5-15-6-8-17/h1-4,9,15H,5-8,14H2. The quantitative estimate of drug-likeness (QED) is 0.721. The molecule has 1 aliphatic heterocycles. The number of nitrogen functional groups attached to an aromatic ring is 1. The molecule has 1 aromatic carbocycles. The molecule has 1 aromatic heterocycles. The number of hydrogen-bond acceptors (Lipinski definition) is 4. The van der Waals surface area contributed by atoms with Crippen LogP contribution in [0.15, 0.2) is 30.5 Å². The van der Waals surface area contributed by atoms with Crippen LogP contribution in [0, 0.1) is 0 Å². The minimum absolute atomic E-state index is 0.801. The number of pyridine rings is 1. The molecule has 17 heavy (non-hydrogen) atoms. The molecule has 0 amide bonds. The fourth-order valence-corrected chi connectivity index (χ4v) is 2.31. The van der Waals surface area contributed by atoms with Gasteiger partial charge in [-0.3, -0.25) is 0 Å². The van der Waals surface area contributed by atoms with Crippen LogP contribution in [0.25, 0.3) is 10.8 Å². The van der Waals surface area contributed by atoms with E-state index in [1.165, 1.54) is 5.39 Å². The molecule has 3 N–H and O–H groups in total. The van der Waals surface area contributed by atoms with Crippen LogP contribution in [-0.4, -0.2) is 31.2 Å². The Labute approximate surface area is 100 Å². The lowest BCUT2D eigenvalue weighted by Crippen LogP contribution is -2.43. The van der Waals surface area contributed by atoms with E-state index >= 15 is 0 Å². The van der Waals surface area contributed by atoms with E-state index in [2.05, 4.69) is 21.3 Å². The average molecular weight is 228 g/mol. The van der Waals surface area contributed by atoms with Crippen LogP contribution < -0.4 is 16.0 Å². The molecule has 2 heterocycles. The monoisotopic (exact) mass is 228 g/mol. The van der Waals surface area contributed by atoms with Gasteiger partial charge in [-0.1, -0.05) is 0 Å². The van der Waals surface area contributed by atoms with Gasteiger partial charge in [-0.05, 0) is 29.7 Å². The van der Waals surface area contributed by atoms with Crippen molar-refractivity contribution < 1.29 is 0 Å². The van der Waals surface area contributed by atoms with E-state index in [9.17, 15) is 0 Å². The van der Waals surface area contributed by atoms with Gasteiger partial charge in [0.05, 0.1) is 0 Å². The first kappa shape index (κ1) is 10.4. The molecule has 1 saturated heterocycles. The van der Waals surface area contributed by atoms with Crippen molar-refractivity contribution in [1.82, 2.24) is 10.3 Å². The SMILES string of the molecule is Nc1ccc2c(N3CCNCC3)nccc2c1. The summed E-state index contributed by atoms with van der Waals surface area (Å²) in [5.41, 5.74) is 6.61. The zero-order chi connectivity index (χ0) is 11.7. The topological polar surface area (TPSA) is 54.2 Å². The second-order valence-corrected chi connectivity index (χ2v) is 4.35. The molecule has 3 rings (SSSR count). The number of nitrogens with one attached hydrogen (secondary N) is 1. The number of piperazine rings is 1. The molecular weight excluding hydrogens is 212 g/mol. The summed E-state index contributed by atoms with van der Waals surface area (Å²) in [5.74, 6) is 1.07. The number of nitrogens with two attached hydrogens (primary N) is 1. The summed E-state index contributed by atoms with van der Waals surface area (Å²) in [6.07, 6.45) is 1.86. The summed E-state index contributed by atoms with van der Waals surface area (Å²) in [6.45, 7) is 4.06. The van der Waals surface area contributed by atoms with Gasteiger partial charge in [0.25, 0.3) is 0 Å². The van der Waals surface area contributed by atoms with Gasteiger partial charge in [-0.15, -0.1) is 0 Å². The first-order valence-electron chi connectivity index (χ1n) is 5.94. The van der Waals surface area contributed by atoms with Crippen molar-refractivity contribution in [1.29, 1.82) is 0 Å². The Hall–Kier alpha value is -1.81. The molecule has 1 fully saturated rings. The van der Waals surface area contributed by atoms with Crippen molar-refractivity contribution in [2.24, 2.45) is 0 Å². The highest BCUT2D eigenvalue weighted by Gasteiger charge is 2.14. The fourth-order valence-electron chi connectivity index (χ4n) is 2.31. The van der Waals surface area contributed by atoms with Crippen LogP contribution in [-0.2, 0) is 0 Å². The first-order chi connectivity index (χ1) is 8.34. The minimum atomic E-state index is 0.801. The van der Waals surface area contributed by atoms with E-state index in [1.54, 1.807) is 0 Å². The molecular formula is C13H16N4. The number of hydrogen-bond donors (Lipinski definition) is 2. The van der Waals surface area contributed by atoms with Crippen molar-refractivity contribution in [3.05, 3.63) is 30.5 Å². The van der Waals surface area contributed by atoms with Gasteiger partial charge in [0.15, 0.2) is 0 Å². The summed E-state index contributed by atoms with van der Waals surface area (Å²) in [6, 6.07) is 8.02. The zero-order valence-electron chi connectivity index (χ0n) is 9.69. The molecule has 0 radical (unpaired) electrons. The van der Waals surface area contributed by atoms with Crippen molar-refractivity contribution in [2.45, 2.75) is 0 Å². The van der Waals surface area contributed by atoms with Crippen LogP contribution in [0.5, 0.6) is 0 Å². The van der Waals surface area contributed by atoms with Crippen LogP contribution in [0.4, 0.5) is 11.5 Å². The van der Waals surface area contributed by atoms with Gasteiger partial charge in [0, 0.05) is 43.4 Å². The van der Waals surface area contributed by atoms with E-state index in [4.69, 9.17) is 5.73 Å². The smallest absolute Gasteiger partial charge is 0.136 e. The summed E-state index contributed by atoms with van der Waals surface area (Å²) in [5, 5.41) is 5.70. The Morgan fingerprint density at radius 3 is 2.82 bits per heavy atom. The van der Waals surface area contributed by atoms with E-state index in [1.807, 2.05) is 24.4 Å². The van der Waals surface area contributed by atoms with Gasteiger partial charge in [-0.2, -0.15) is 0 Å². The maximum absolute atomic E-state index is 5.81. The number of anilines is 2. The van der Waals surface area contributed by atoms with E-state index in [-0.39, 0.29) is 0 Å². The molecule has 0 atom stereocenters. The molecule has 0 bridgehead atoms. The average Bonchev–Trinajstić information content (AvgIpc) is 2.39. The summed E-state index contributed by atoms with van der Waals surface area (Å²) < 4.78 is 0. The normalized spacial score (nSPS) is 16.4. The molecule has 0 saturated carbocycles. The van der Waals surface area contributed by atoms with Gasteiger partial charge >= 0.3 is 0 Å². The predicted octanol–water partition coefficient (Wildman–Crippen LogP) is 1.23. The van der Waals surface area contributed by atoms with Gasteiger partial charge in [-0.25, -0.2) is 4.98 Å². The molecule has 4 heteroatoms. The lowest BCUT2D eigenvalue weighted by molar-refractivity contribution is 0.586. The fraction of sp³-hybridized carbons (Fsp3) is 0.308. The highest BCUT2D eigenvalue weighted by Crippen LogP contribution is 2.26. The summed E-state index contributed by atoms with van der Waals surface area (Å²) in [7, 11) is 0. The second kappa shape index (κ2) is 4.22. The Balaban J connectivity index is 2.09. The first-order valence-corrected chi connectivity index (χ1v) is 5.94. The van der Waals surface area contributed by atoms with E-state index < -0.39 is 0 Å². The van der Waals surface area contributed by atoms with Crippen molar-refractivity contribution >= 4 is 22.3 Å². The lowest BCUT2D eigenvalue weighted by atomic mass is 10.1. The van der Waals surface area contributed by atoms with Crippen molar-refractivity contribution in [2.75, 3.05) is 36.8 Å². The predicted molar refractivity (Wildman–Crippen MR) is 71.2 cm³/mol. The largest absolute Gasteiger partial charge is 0.399 e. The van der Waals surface area contributed by atoms with Crippen molar-refractivity contribution in [3.63, 3.8) is 0 Å². The third-order valence-corrected chi connectivity index (χ3v) is 3.18. The Morgan fingerprint density at radius 2 is 2.00 bits per heavy atom. The maximum atomic E-state index is 5.81. The third kappa shape index (κ3) is 1.91. The molecule has 1 aliphatic rings. The van der Waals surface area contributed by atoms with Crippen molar-refractivity contribution in [3.8, 4) is 0 Å². The number of fused-ring (bicyclic) bond motifs is 1. The van der Waals surface area contributed by atoms with Crippen LogP contribution in [0.3, 0.4) is 0 Å². The molecule has 4 nitrogen and oxygen atoms in total. The Kier molecular flexibility index (Phi) is 2.57. The molecule has 0 aliphatic carbocycles. The summed E-state index contributed by atoms with van der Waals surface area (Å²) in [4.78, 5) is 6.85. The summed E-state index contributed by atoms with van der Waals surface area (Å²) >= 11 is 0. The maximum Gasteiger partial charge on any atom is 0.136 e. The third-order valence-electron chi connectivity index (χ3n) is 3.18. The van der Waals surface area contributed by atoms with Crippen LogP contribution >= 0.6 is 0 Å². The molecule has 0 spiro atoms. The minimum Gasteiger partial charge on any atom is -0.399 e. The zero-order valence-corrected chi connectivity index (χ0v) is 9.69. The second-order valence-electron chi connectivity index (χ2n) is 4.35. The van der Waals surface area contributed by atoms with Crippen LogP contribution in [0.2, 0.25) is 0 Å². The van der Waals surface area contributed by atoms with Gasteiger partial charge in [0.2, 0.25) is 0 Å². The van der Waals surface area contributed by atoms with Gasteiger partial charge in [0.1, 0.15) is 5.82 Å². The van der Waals surface area contributed by atoms with Gasteiger partial charge < -0.3 is 16.0 Å². The highest BCUT2D eigenvalue weighted by atomic mass is 15.2. The Morgan fingerprint density at radius 1 is 1.18 bits per heavy atom. The number of rotatable bonds is 1. The highest BCUT2D eigenvalue weighted by molar-refractivity contribution is 5.94. The molecule has 2 aromatic rings. The number of aromatic nitrogens is 1. The molecule has 88 valence electrons. The Bertz CT molecular complexity index is 532. The van der Waals surface area contributed by atoms with Crippen LogP contribution in [0.1, 0.15) is 0 Å².